The molecule has 2 N–H and O–H groups in total. The molecule has 0 aromatic rings. The first-order valence-electron chi connectivity index (χ1n) is 7.92. The highest BCUT2D eigenvalue weighted by Crippen LogP contribution is 2.28. The van der Waals surface area contributed by atoms with E-state index in [0.29, 0.717) is 0 Å². The van der Waals surface area contributed by atoms with Crippen LogP contribution < -0.4 is 5.73 Å². The topological polar surface area (TPSA) is 32.5 Å². The minimum absolute atomic E-state index is 0.745. The molecule has 18 heavy (non-hydrogen) atoms. The molecule has 3 nitrogen and oxygen atoms in total. The number of rotatable bonds is 4. The predicted molar refractivity (Wildman–Crippen MR) is 77.7 cm³/mol. The molecular weight excluding hydrogens is 222 g/mol. The van der Waals surface area contributed by atoms with Gasteiger partial charge in [-0.15, -0.1) is 0 Å². The third-order valence-electron chi connectivity index (χ3n) is 4.84. The van der Waals surface area contributed by atoms with Gasteiger partial charge in [0, 0.05) is 18.6 Å². The maximum atomic E-state index is 5.85. The highest BCUT2D eigenvalue weighted by Gasteiger charge is 2.33. The van der Waals surface area contributed by atoms with Crippen molar-refractivity contribution in [1.29, 1.82) is 0 Å². The van der Waals surface area contributed by atoms with Crippen molar-refractivity contribution < 1.29 is 0 Å². The zero-order chi connectivity index (χ0) is 13.0. The third-order valence-corrected chi connectivity index (χ3v) is 4.84. The van der Waals surface area contributed by atoms with Gasteiger partial charge in [0.05, 0.1) is 0 Å². The summed E-state index contributed by atoms with van der Waals surface area (Å²) in [5.74, 6) is 0.745. The monoisotopic (exact) mass is 253 g/mol. The smallest absolute Gasteiger partial charge is 0.0111 e. The van der Waals surface area contributed by atoms with Gasteiger partial charge in [-0.3, -0.25) is 4.90 Å². The number of likely N-dealkylation sites (tertiary alicyclic amines) is 2. The van der Waals surface area contributed by atoms with Crippen LogP contribution in [0.5, 0.6) is 0 Å². The van der Waals surface area contributed by atoms with Gasteiger partial charge in [0.1, 0.15) is 0 Å². The average Bonchev–Trinajstić information content (AvgIpc) is 2.59. The van der Waals surface area contributed by atoms with E-state index in [2.05, 4.69) is 23.6 Å². The number of hydrogen-bond donors (Lipinski definition) is 1. The summed E-state index contributed by atoms with van der Waals surface area (Å²) in [5, 5.41) is 0. The third kappa shape index (κ3) is 3.46. The molecule has 2 rings (SSSR count). The molecule has 0 aromatic heterocycles. The number of hydrogen-bond acceptors (Lipinski definition) is 3. The van der Waals surface area contributed by atoms with Gasteiger partial charge in [0.25, 0.3) is 0 Å². The molecule has 3 atom stereocenters. The summed E-state index contributed by atoms with van der Waals surface area (Å²) in [6, 6.07) is 1.57. The van der Waals surface area contributed by atoms with Gasteiger partial charge in [-0.25, -0.2) is 0 Å². The molecule has 2 heterocycles. The van der Waals surface area contributed by atoms with Crippen LogP contribution in [0, 0.1) is 5.92 Å². The Balaban J connectivity index is 1.86. The van der Waals surface area contributed by atoms with Gasteiger partial charge in [-0.1, -0.05) is 6.92 Å². The summed E-state index contributed by atoms with van der Waals surface area (Å²) in [7, 11) is 0. The fourth-order valence-corrected chi connectivity index (χ4v) is 3.86. The SMILES string of the molecule is CCCN1CCCC(N2CC(CN)CC2C)CC1. The first kappa shape index (κ1) is 14.3. The van der Waals surface area contributed by atoms with E-state index in [4.69, 9.17) is 5.73 Å². The van der Waals surface area contributed by atoms with E-state index in [1.165, 1.54) is 58.3 Å². The molecule has 0 aromatic carbocycles. The Hall–Kier alpha value is -0.120. The highest BCUT2D eigenvalue weighted by molar-refractivity contribution is 4.89. The molecule has 2 aliphatic heterocycles. The molecule has 2 saturated heterocycles. The minimum atomic E-state index is 0.745. The maximum absolute atomic E-state index is 5.85. The fraction of sp³-hybridized carbons (Fsp3) is 1.00. The van der Waals surface area contributed by atoms with E-state index >= 15 is 0 Å². The quantitative estimate of drug-likeness (QED) is 0.831. The van der Waals surface area contributed by atoms with Crippen LogP contribution in [0.4, 0.5) is 0 Å². The van der Waals surface area contributed by atoms with E-state index in [1.54, 1.807) is 0 Å². The zero-order valence-corrected chi connectivity index (χ0v) is 12.3. The minimum Gasteiger partial charge on any atom is -0.330 e. The van der Waals surface area contributed by atoms with Gasteiger partial charge in [0.2, 0.25) is 0 Å². The van der Waals surface area contributed by atoms with Gasteiger partial charge in [0.15, 0.2) is 0 Å². The van der Waals surface area contributed by atoms with Crippen LogP contribution in [-0.4, -0.2) is 54.6 Å². The normalized spacial score (nSPS) is 35.8. The lowest BCUT2D eigenvalue weighted by Gasteiger charge is -2.31. The first-order valence-corrected chi connectivity index (χ1v) is 7.92. The van der Waals surface area contributed by atoms with Gasteiger partial charge in [-0.05, 0) is 71.1 Å². The van der Waals surface area contributed by atoms with Crippen molar-refractivity contribution in [2.45, 2.75) is 58.0 Å². The lowest BCUT2D eigenvalue weighted by molar-refractivity contribution is 0.167. The molecule has 0 aliphatic carbocycles. The molecule has 0 bridgehead atoms. The molecule has 2 fully saturated rings. The Kier molecular flexibility index (Phi) is 5.46. The molecule has 3 unspecified atom stereocenters. The van der Waals surface area contributed by atoms with Crippen molar-refractivity contribution in [2.75, 3.05) is 32.7 Å². The standard InChI is InChI=1S/C15H31N3/c1-3-7-17-8-4-5-15(6-9-17)18-12-14(11-16)10-13(18)2/h13-15H,3-12,16H2,1-2H3. The maximum Gasteiger partial charge on any atom is 0.0111 e. The van der Waals surface area contributed by atoms with E-state index < -0.39 is 0 Å². The van der Waals surface area contributed by atoms with Crippen LogP contribution in [0.1, 0.15) is 46.0 Å². The van der Waals surface area contributed by atoms with Crippen LogP contribution in [0.3, 0.4) is 0 Å². The average molecular weight is 253 g/mol. The highest BCUT2D eigenvalue weighted by atomic mass is 15.2. The molecule has 0 saturated carbocycles. The van der Waals surface area contributed by atoms with Crippen molar-refractivity contribution in [2.24, 2.45) is 11.7 Å². The first-order chi connectivity index (χ1) is 8.74. The Morgan fingerprint density at radius 3 is 2.72 bits per heavy atom. The lowest BCUT2D eigenvalue weighted by atomic mass is 10.1. The molecule has 0 amide bonds. The Bertz CT molecular complexity index is 244. The van der Waals surface area contributed by atoms with Crippen molar-refractivity contribution >= 4 is 0 Å². The molecule has 3 heteroatoms. The summed E-state index contributed by atoms with van der Waals surface area (Å²) < 4.78 is 0. The molecular formula is C15H31N3. The van der Waals surface area contributed by atoms with Crippen LogP contribution in [0.15, 0.2) is 0 Å². The Morgan fingerprint density at radius 1 is 1.22 bits per heavy atom. The van der Waals surface area contributed by atoms with Gasteiger partial charge >= 0.3 is 0 Å². The summed E-state index contributed by atoms with van der Waals surface area (Å²) >= 11 is 0. The van der Waals surface area contributed by atoms with E-state index in [-0.39, 0.29) is 0 Å². The number of nitrogens with zero attached hydrogens (tertiary/aromatic N) is 2. The van der Waals surface area contributed by atoms with Crippen molar-refractivity contribution in [1.82, 2.24) is 9.80 Å². The lowest BCUT2D eigenvalue weighted by Crippen LogP contribution is -2.39. The second kappa shape index (κ2) is 6.88. The van der Waals surface area contributed by atoms with Crippen LogP contribution in [0.2, 0.25) is 0 Å². The van der Waals surface area contributed by atoms with Crippen LogP contribution in [-0.2, 0) is 0 Å². The summed E-state index contributed by atoms with van der Waals surface area (Å²) in [6.07, 6.45) is 6.73. The molecule has 106 valence electrons. The van der Waals surface area contributed by atoms with E-state index in [1.807, 2.05) is 0 Å². The second-order valence-electron chi connectivity index (χ2n) is 6.31. The Morgan fingerprint density at radius 2 is 2.06 bits per heavy atom. The van der Waals surface area contributed by atoms with Crippen molar-refractivity contribution in [3.05, 3.63) is 0 Å². The molecule has 2 aliphatic rings. The largest absolute Gasteiger partial charge is 0.330 e. The van der Waals surface area contributed by atoms with E-state index in [0.717, 1.165) is 24.5 Å². The van der Waals surface area contributed by atoms with Gasteiger partial charge in [-0.2, -0.15) is 0 Å². The summed E-state index contributed by atoms with van der Waals surface area (Å²) in [6.45, 7) is 10.7. The molecule has 0 radical (unpaired) electrons. The Labute approximate surface area is 113 Å². The van der Waals surface area contributed by atoms with Crippen molar-refractivity contribution in [3.8, 4) is 0 Å². The molecule has 0 spiro atoms. The number of nitrogens with two attached hydrogens (primary N) is 1. The van der Waals surface area contributed by atoms with Crippen LogP contribution in [0.25, 0.3) is 0 Å². The summed E-state index contributed by atoms with van der Waals surface area (Å²) in [4.78, 5) is 5.41. The fourth-order valence-electron chi connectivity index (χ4n) is 3.86. The van der Waals surface area contributed by atoms with Crippen LogP contribution >= 0.6 is 0 Å². The zero-order valence-electron chi connectivity index (χ0n) is 12.3. The van der Waals surface area contributed by atoms with Crippen molar-refractivity contribution in [3.63, 3.8) is 0 Å². The summed E-state index contributed by atoms with van der Waals surface area (Å²) in [5.41, 5.74) is 5.85. The van der Waals surface area contributed by atoms with E-state index in [9.17, 15) is 0 Å². The second-order valence-corrected chi connectivity index (χ2v) is 6.31. The predicted octanol–water partition coefficient (Wildman–Crippen LogP) is 1.92. The van der Waals surface area contributed by atoms with Gasteiger partial charge < -0.3 is 10.6 Å².